The van der Waals surface area contributed by atoms with E-state index in [4.69, 9.17) is 9.15 Å². The van der Waals surface area contributed by atoms with E-state index in [2.05, 4.69) is 64.0 Å². The average Bonchev–Trinajstić information content (AvgIpc) is 3.24. The first-order valence-corrected chi connectivity index (χ1v) is 11.1. The van der Waals surface area contributed by atoms with Crippen LogP contribution in [0.5, 0.6) is 5.75 Å². The Balaban J connectivity index is 1.41. The number of amides is 1. The summed E-state index contributed by atoms with van der Waals surface area (Å²) in [7, 11) is 0. The van der Waals surface area contributed by atoms with Gasteiger partial charge in [-0.1, -0.05) is 36.4 Å². The van der Waals surface area contributed by atoms with Gasteiger partial charge in [-0.3, -0.25) is 4.79 Å². The van der Waals surface area contributed by atoms with Crippen LogP contribution in [0.25, 0.3) is 11.0 Å². The summed E-state index contributed by atoms with van der Waals surface area (Å²) in [4.78, 5) is 12.3. The fourth-order valence-electron chi connectivity index (χ4n) is 3.19. The van der Waals surface area contributed by atoms with Crippen molar-refractivity contribution in [3.63, 3.8) is 0 Å². The molecule has 1 N–H and O–H groups in total. The van der Waals surface area contributed by atoms with Crippen LogP contribution in [-0.4, -0.2) is 12.1 Å². The summed E-state index contributed by atoms with van der Waals surface area (Å²) in [6.45, 7) is 4.32. The maximum absolute atomic E-state index is 12.3. The molecule has 0 saturated carbocycles. The van der Waals surface area contributed by atoms with Crippen molar-refractivity contribution < 1.29 is 13.9 Å². The number of rotatable bonds is 8. The summed E-state index contributed by atoms with van der Waals surface area (Å²) in [6.07, 6.45) is 4.09. The van der Waals surface area contributed by atoms with E-state index in [9.17, 15) is 4.79 Å². The van der Waals surface area contributed by atoms with E-state index >= 15 is 0 Å². The zero-order valence-electron chi connectivity index (χ0n) is 17.3. The quantitative estimate of drug-likeness (QED) is 0.128. The van der Waals surface area contributed by atoms with E-state index in [0.29, 0.717) is 18.6 Å². The highest BCUT2D eigenvalue weighted by Gasteiger charge is 2.11. The molecule has 1 aromatic heterocycles. The summed E-state index contributed by atoms with van der Waals surface area (Å²) in [5, 5.41) is 4.94. The molecule has 0 fully saturated rings. The largest absolute Gasteiger partial charge is 0.489 e. The lowest BCUT2D eigenvalue weighted by Gasteiger charge is -2.11. The first kappa shape index (κ1) is 21.8. The predicted octanol–water partition coefficient (Wildman–Crippen LogP) is 6.11. The topological polar surface area (TPSA) is 63.8 Å². The molecule has 5 nitrogen and oxygen atoms in total. The van der Waals surface area contributed by atoms with Crippen LogP contribution in [0.15, 0.2) is 95.0 Å². The summed E-state index contributed by atoms with van der Waals surface area (Å²) in [5.41, 5.74) is 6.12. The first-order chi connectivity index (χ1) is 15.6. The minimum Gasteiger partial charge on any atom is -0.489 e. The van der Waals surface area contributed by atoms with Gasteiger partial charge in [0.2, 0.25) is 0 Å². The normalized spacial score (nSPS) is 11.0. The molecule has 0 aliphatic heterocycles. The van der Waals surface area contributed by atoms with Crippen molar-refractivity contribution in [1.82, 2.24) is 5.43 Å². The highest BCUT2D eigenvalue weighted by Crippen LogP contribution is 2.22. The predicted molar refractivity (Wildman–Crippen MR) is 135 cm³/mol. The van der Waals surface area contributed by atoms with Gasteiger partial charge in [0, 0.05) is 8.96 Å². The number of hydrogen-bond donors (Lipinski definition) is 1. The van der Waals surface area contributed by atoms with Crippen LogP contribution < -0.4 is 10.2 Å². The van der Waals surface area contributed by atoms with Gasteiger partial charge in [0.25, 0.3) is 0 Å². The van der Waals surface area contributed by atoms with Crippen molar-refractivity contribution >= 4 is 45.7 Å². The summed E-state index contributed by atoms with van der Waals surface area (Å²) >= 11 is 2.28. The number of halogens is 1. The van der Waals surface area contributed by atoms with Crippen LogP contribution in [0, 0.1) is 3.57 Å². The lowest BCUT2D eigenvalue weighted by Crippen LogP contribution is -2.16. The second-order valence-corrected chi connectivity index (χ2v) is 8.37. The molecule has 0 saturated heterocycles. The van der Waals surface area contributed by atoms with Gasteiger partial charge in [0.05, 0.1) is 6.21 Å². The Morgan fingerprint density at radius 1 is 1.09 bits per heavy atom. The highest BCUT2D eigenvalue weighted by atomic mass is 127. The molecule has 0 spiro atoms. The Hall–Kier alpha value is -3.39. The van der Waals surface area contributed by atoms with E-state index < -0.39 is 5.91 Å². The number of allylic oxidation sites excluding steroid dienone is 1. The molecule has 0 atom stereocenters. The number of para-hydroxylation sites is 1. The van der Waals surface area contributed by atoms with Crippen molar-refractivity contribution in [3.8, 4) is 5.75 Å². The zero-order chi connectivity index (χ0) is 22.3. The van der Waals surface area contributed by atoms with Crippen molar-refractivity contribution in [2.24, 2.45) is 5.10 Å². The molecule has 160 valence electrons. The molecular formula is C26H21IN2O3. The van der Waals surface area contributed by atoms with Gasteiger partial charge < -0.3 is 9.15 Å². The lowest BCUT2D eigenvalue weighted by molar-refractivity contribution is 0.0929. The molecule has 1 heterocycles. The van der Waals surface area contributed by atoms with Gasteiger partial charge in [0.1, 0.15) is 17.9 Å². The maximum Gasteiger partial charge on any atom is 0.307 e. The number of carbonyl (C=O) groups is 1. The number of hydrazone groups is 1. The molecule has 0 bridgehead atoms. The number of carbonyl (C=O) groups excluding carboxylic acids is 1. The molecule has 1 amide bonds. The third kappa shape index (κ3) is 5.45. The number of furan rings is 1. The van der Waals surface area contributed by atoms with Crippen LogP contribution in [-0.2, 0) is 13.0 Å². The molecule has 6 heteroatoms. The van der Waals surface area contributed by atoms with Crippen molar-refractivity contribution in [2.75, 3.05) is 0 Å². The fourth-order valence-corrected chi connectivity index (χ4v) is 3.55. The molecular weight excluding hydrogens is 515 g/mol. The third-order valence-electron chi connectivity index (χ3n) is 4.79. The lowest BCUT2D eigenvalue weighted by atomic mass is 10.1. The SMILES string of the molecule is C=CCc1cc(/C=N/NC(=O)c2cc3ccccc3o2)ccc1OCc1ccc(I)cc1. The Morgan fingerprint density at radius 3 is 2.69 bits per heavy atom. The van der Waals surface area contributed by atoms with Crippen LogP contribution in [0.3, 0.4) is 0 Å². The standard InChI is InChI=1S/C26H21IN2O3/c1-2-5-20-14-19(10-13-23(20)31-17-18-8-11-22(27)12-9-18)16-28-29-26(30)25-15-21-6-3-4-7-24(21)32-25/h2-4,6-16H,1,5,17H2,(H,29,30)/b28-16+. The van der Waals surface area contributed by atoms with E-state index in [1.807, 2.05) is 48.5 Å². The Bertz CT molecular complexity index is 1240. The molecule has 32 heavy (non-hydrogen) atoms. The van der Waals surface area contributed by atoms with Gasteiger partial charge in [-0.15, -0.1) is 6.58 Å². The number of fused-ring (bicyclic) bond motifs is 1. The summed E-state index contributed by atoms with van der Waals surface area (Å²) in [6, 6.07) is 23.2. The molecule has 3 aromatic carbocycles. The Labute approximate surface area is 199 Å². The second kappa shape index (κ2) is 10.3. The summed E-state index contributed by atoms with van der Waals surface area (Å²) in [5.74, 6) is 0.614. The molecule has 0 aliphatic rings. The van der Waals surface area contributed by atoms with Gasteiger partial charge in [-0.25, -0.2) is 5.43 Å². The van der Waals surface area contributed by atoms with Crippen molar-refractivity contribution in [2.45, 2.75) is 13.0 Å². The first-order valence-electron chi connectivity index (χ1n) is 10.1. The number of nitrogens with one attached hydrogen (secondary N) is 1. The Morgan fingerprint density at radius 2 is 1.91 bits per heavy atom. The number of hydrogen-bond acceptors (Lipinski definition) is 4. The number of nitrogens with zero attached hydrogens (tertiary/aromatic N) is 1. The molecule has 0 radical (unpaired) electrons. The van der Waals surface area contributed by atoms with E-state index in [1.54, 1.807) is 12.3 Å². The summed E-state index contributed by atoms with van der Waals surface area (Å²) < 4.78 is 12.8. The van der Waals surface area contributed by atoms with Crippen molar-refractivity contribution in [1.29, 1.82) is 0 Å². The van der Waals surface area contributed by atoms with E-state index in [-0.39, 0.29) is 5.76 Å². The van der Waals surface area contributed by atoms with Crippen molar-refractivity contribution in [3.05, 3.63) is 111 Å². The highest BCUT2D eigenvalue weighted by molar-refractivity contribution is 14.1. The van der Waals surface area contributed by atoms with Crippen LogP contribution in [0.2, 0.25) is 0 Å². The van der Waals surface area contributed by atoms with Gasteiger partial charge in [-0.05, 0) is 88.2 Å². The minimum atomic E-state index is -0.402. The van der Waals surface area contributed by atoms with Gasteiger partial charge >= 0.3 is 5.91 Å². The smallest absolute Gasteiger partial charge is 0.307 e. The monoisotopic (exact) mass is 536 g/mol. The van der Waals surface area contributed by atoms with Gasteiger partial charge in [-0.2, -0.15) is 5.10 Å². The molecule has 4 rings (SSSR count). The second-order valence-electron chi connectivity index (χ2n) is 7.12. The van der Waals surface area contributed by atoms with E-state index in [0.717, 1.165) is 27.8 Å². The minimum absolute atomic E-state index is 0.218. The third-order valence-corrected chi connectivity index (χ3v) is 5.50. The Kier molecular flexibility index (Phi) is 7.01. The van der Waals surface area contributed by atoms with Crippen LogP contribution in [0.4, 0.5) is 0 Å². The number of ether oxygens (including phenoxy) is 1. The number of benzene rings is 3. The maximum atomic E-state index is 12.3. The zero-order valence-corrected chi connectivity index (χ0v) is 19.4. The molecule has 0 unspecified atom stereocenters. The van der Waals surface area contributed by atoms with Gasteiger partial charge in [0.15, 0.2) is 5.76 Å². The van der Waals surface area contributed by atoms with Crippen LogP contribution >= 0.6 is 22.6 Å². The fraction of sp³-hybridized carbons (Fsp3) is 0.0769. The van der Waals surface area contributed by atoms with E-state index in [1.165, 1.54) is 3.57 Å². The average molecular weight is 536 g/mol. The molecule has 0 aliphatic carbocycles. The van der Waals surface area contributed by atoms with Crippen LogP contribution in [0.1, 0.15) is 27.2 Å². The molecule has 4 aromatic rings.